The van der Waals surface area contributed by atoms with Gasteiger partial charge < -0.3 is 10.6 Å². The monoisotopic (exact) mass is 550 g/mol. The fourth-order valence-corrected chi connectivity index (χ4v) is 11.7. The predicted molar refractivity (Wildman–Crippen MR) is 172 cm³/mol. The fourth-order valence-electron chi connectivity index (χ4n) is 6.33. The van der Waals surface area contributed by atoms with Crippen molar-refractivity contribution in [1.29, 1.82) is 0 Å². The second-order valence-corrected chi connectivity index (χ2v) is 15.4. The maximum atomic E-state index is 4.03. The Morgan fingerprint density at radius 3 is 1.33 bits per heavy atom. The van der Waals surface area contributed by atoms with Crippen molar-refractivity contribution < 1.29 is 0 Å². The van der Waals surface area contributed by atoms with Crippen LogP contribution in [0, 0.1) is 0 Å². The van der Waals surface area contributed by atoms with Gasteiger partial charge in [-0.15, -0.1) is 0 Å². The van der Waals surface area contributed by atoms with E-state index < -0.39 is 15.8 Å². The third kappa shape index (κ3) is 6.53. The molecule has 0 spiro atoms. The van der Waals surface area contributed by atoms with E-state index >= 15 is 0 Å². The normalized spacial score (nSPS) is 24.3. The Morgan fingerprint density at radius 1 is 0.462 bits per heavy atom. The third-order valence-electron chi connectivity index (χ3n) is 8.34. The Balaban J connectivity index is 1.40. The van der Waals surface area contributed by atoms with Crippen molar-refractivity contribution >= 4 is 37.1 Å². The van der Waals surface area contributed by atoms with Crippen LogP contribution in [0.15, 0.2) is 109 Å². The molecule has 200 valence electrons. The molecule has 0 amide bonds. The minimum Gasteiger partial charge on any atom is -0.308 e. The molecule has 0 aromatic heterocycles. The van der Waals surface area contributed by atoms with E-state index in [0.717, 1.165) is 13.1 Å². The molecule has 1 heterocycles. The first-order valence-electron chi connectivity index (χ1n) is 14.6. The Morgan fingerprint density at radius 2 is 0.872 bits per heavy atom. The van der Waals surface area contributed by atoms with E-state index in [2.05, 4.69) is 120 Å². The molecular weight excluding hydrogens is 510 g/mol. The summed E-state index contributed by atoms with van der Waals surface area (Å²) in [6, 6.07) is 42.2. The first-order valence-corrected chi connectivity index (χ1v) is 17.7. The van der Waals surface area contributed by atoms with Gasteiger partial charge in [-0.25, -0.2) is 0 Å². The molecular formula is C35H40N2P2. The van der Waals surface area contributed by atoms with Gasteiger partial charge in [-0.05, 0) is 79.8 Å². The van der Waals surface area contributed by atoms with Crippen molar-refractivity contribution in [2.24, 2.45) is 0 Å². The van der Waals surface area contributed by atoms with Crippen molar-refractivity contribution in [3.63, 3.8) is 0 Å². The highest BCUT2D eigenvalue weighted by atomic mass is 31.1. The topological polar surface area (TPSA) is 24.1 Å². The van der Waals surface area contributed by atoms with Gasteiger partial charge in [0.1, 0.15) is 0 Å². The Bertz CT molecular complexity index is 1220. The number of hydrogen-bond donors (Lipinski definition) is 2. The summed E-state index contributed by atoms with van der Waals surface area (Å²) in [7, 11) is -0.835. The van der Waals surface area contributed by atoms with Crippen molar-refractivity contribution in [2.45, 2.75) is 57.3 Å². The number of fused-ring (bicyclic) bond motifs is 3. The molecule has 4 atom stereocenters. The largest absolute Gasteiger partial charge is 0.308 e. The minimum atomic E-state index is -0.417. The molecule has 0 saturated heterocycles. The van der Waals surface area contributed by atoms with E-state index in [0.29, 0.717) is 12.1 Å². The van der Waals surface area contributed by atoms with E-state index in [1.165, 1.54) is 66.2 Å². The van der Waals surface area contributed by atoms with E-state index in [4.69, 9.17) is 0 Å². The maximum absolute atomic E-state index is 4.03. The van der Waals surface area contributed by atoms with E-state index in [1.54, 1.807) is 10.6 Å². The SMILES string of the molecule is c1ccc([P@]2CCC[P@@](c3ccccc3)c3ccccc3CN[C@H]3CCCC[C@@H]3NCc3ccccc32)cc1. The first kappa shape index (κ1) is 26.9. The van der Waals surface area contributed by atoms with Crippen LogP contribution in [0.5, 0.6) is 0 Å². The first-order chi connectivity index (χ1) is 19.4. The van der Waals surface area contributed by atoms with Crippen LogP contribution in [0.4, 0.5) is 0 Å². The van der Waals surface area contributed by atoms with Gasteiger partial charge in [-0.2, -0.15) is 0 Å². The fraction of sp³-hybridized carbons (Fsp3) is 0.314. The molecule has 1 saturated carbocycles. The lowest BCUT2D eigenvalue weighted by atomic mass is 9.90. The van der Waals surface area contributed by atoms with Crippen LogP contribution >= 0.6 is 15.8 Å². The zero-order valence-electron chi connectivity index (χ0n) is 22.8. The summed E-state index contributed by atoms with van der Waals surface area (Å²) in [4.78, 5) is 0. The van der Waals surface area contributed by atoms with Gasteiger partial charge >= 0.3 is 0 Å². The zero-order valence-corrected chi connectivity index (χ0v) is 24.6. The lowest BCUT2D eigenvalue weighted by Crippen LogP contribution is -2.49. The summed E-state index contributed by atoms with van der Waals surface area (Å²) < 4.78 is 0. The predicted octanol–water partition coefficient (Wildman–Crippen LogP) is 6.15. The van der Waals surface area contributed by atoms with Gasteiger partial charge in [0, 0.05) is 25.2 Å². The average molecular weight is 551 g/mol. The molecule has 0 unspecified atom stereocenters. The third-order valence-corrected chi connectivity index (χ3v) is 13.7. The molecule has 1 fully saturated rings. The second kappa shape index (κ2) is 13.3. The molecule has 6 rings (SSSR count). The van der Waals surface area contributed by atoms with E-state index in [1.807, 2.05) is 0 Å². The summed E-state index contributed by atoms with van der Waals surface area (Å²) >= 11 is 0. The zero-order chi connectivity index (χ0) is 26.3. The molecule has 1 aliphatic carbocycles. The second-order valence-electron chi connectivity index (χ2n) is 10.8. The maximum Gasteiger partial charge on any atom is 0.0224 e. The van der Waals surface area contributed by atoms with Gasteiger partial charge in [-0.3, -0.25) is 0 Å². The summed E-state index contributed by atoms with van der Waals surface area (Å²) in [6.45, 7) is 1.91. The summed E-state index contributed by atoms with van der Waals surface area (Å²) in [5.74, 6) is 0. The van der Waals surface area contributed by atoms with Gasteiger partial charge in [0.05, 0.1) is 0 Å². The van der Waals surface area contributed by atoms with Crippen LogP contribution in [-0.4, -0.2) is 24.4 Å². The molecule has 0 radical (unpaired) electrons. The van der Waals surface area contributed by atoms with Crippen LogP contribution in [0.25, 0.3) is 0 Å². The van der Waals surface area contributed by atoms with Gasteiger partial charge in [-0.1, -0.05) is 122 Å². The van der Waals surface area contributed by atoms with Crippen LogP contribution in [0.3, 0.4) is 0 Å². The molecule has 2 N–H and O–H groups in total. The van der Waals surface area contributed by atoms with Crippen molar-refractivity contribution in [2.75, 3.05) is 12.3 Å². The molecule has 0 bridgehead atoms. The highest BCUT2D eigenvalue weighted by Crippen LogP contribution is 2.41. The standard InChI is InChI=1S/C35H40N2P2/c1-3-16-30(17-4-1)38-24-13-25-39(31-18-5-2-6-19-31)35-23-12-8-15-29(35)27-37-33-21-10-9-20-32(33)36-26-28-14-7-11-22-34(28)38/h1-8,11-12,14-19,22-23,32-33,36-37H,9-10,13,20-21,24-27H2/t32-,33-,38-,39-/m0/s1. The van der Waals surface area contributed by atoms with Crippen LogP contribution < -0.4 is 31.9 Å². The highest BCUT2D eigenvalue weighted by molar-refractivity contribution is 7.74. The Labute approximate surface area is 237 Å². The van der Waals surface area contributed by atoms with Gasteiger partial charge in [0.15, 0.2) is 0 Å². The number of hydrogen-bond acceptors (Lipinski definition) is 2. The molecule has 4 aromatic rings. The molecule has 2 aliphatic rings. The van der Waals surface area contributed by atoms with Crippen LogP contribution in [0.2, 0.25) is 0 Å². The number of benzene rings is 4. The van der Waals surface area contributed by atoms with Crippen LogP contribution in [0.1, 0.15) is 43.2 Å². The lowest BCUT2D eigenvalue weighted by molar-refractivity contribution is 0.281. The minimum absolute atomic E-state index is 0.417. The Kier molecular flexibility index (Phi) is 9.19. The van der Waals surface area contributed by atoms with Crippen molar-refractivity contribution in [3.8, 4) is 0 Å². The highest BCUT2D eigenvalue weighted by Gasteiger charge is 2.27. The summed E-state index contributed by atoms with van der Waals surface area (Å²) in [5.41, 5.74) is 2.97. The van der Waals surface area contributed by atoms with E-state index in [9.17, 15) is 0 Å². The smallest absolute Gasteiger partial charge is 0.0224 e. The number of rotatable bonds is 2. The van der Waals surface area contributed by atoms with Gasteiger partial charge in [0.25, 0.3) is 0 Å². The Hall–Kier alpha value is -2.34. The summed E-state index contributed by atoms with van der Waals surface area (Å²) in [6.07, 6.45) is 8.85. The summed E-state index contributed by atoms with van der Waals surface area (Å²) in [5, 5.41) is 14.2. The quantitative estimate of drug-likeness (QED) is 0.293. The number of nitrogens with one attached hydrogen (secondary N) is 2. The van der Waals surface area contributed by atoms with E-state index in [-0.39, 0.29) is 0 Å². The molecule has 39 heavy (non-hydrogen) atoms. The lowest BCUT2D eigenvalue weighted by Gasteiger charge is -2.34. The molecule has 1 aliphatic heterocycles. The average Bonchev–Trinajstić information content (AvgIpc) is 3.01. The van der Waals surface area contributed by atoms with Gasteiger partial charge in [0.2, 0.25) is 0 Å². The van der Waals surface area contributed by atoms with Crippen LogP contribution in [-0.2, 0) is 13.1 Å². The molecule has 4 aromatic carbocycles. The van der Waals surface area contributed by atoms with Crippen molar-refractivity contribution in [3.05, 3.63) is 120 Å². The molecule has 2 nitrogen and oxygen atoms in total. The molecule has 4 heteroatoms. The van der Waals surface area contributed by atoms with Crippen molar-refractivity contribution in [1.82, 2.24) is 10.6 Å².